The van der Waals surface area contributed by atoms with E-state index in [1.807, 2.05) is 28.5 Å². The molecular weight excluding hydrogens is 282 g/mol. The summed E-state index contributed by atoms with van der Waals surface area (Å²) in [7, 11) is 3.92. The van der Waals surface area contributed by atoms with Crippen molar-refractivity contribution in [3.63, 3.8) is 0 Å². The summed E-state index contributed by atoms with van der Waals surface area (Å²) in [5.41, 5.74) is 0. The maximum absolute atomic E-state index is 11.7. The van der Waals surface area contributed by atoms with Crippen molar-refractivity contribution in [2.75, 3.05) is 5.75 Å². The van der Waals surface area contributed by atoms with Crippen molar-refractivity contribution in [3.05, 3.63) is 0 Å². The van der Waals surface area contributed by atoms with E-state index in [4.69, 9.17) is 4.84 Å². The zero-order valence-corrected chi connectivity index (χ0v) is 12.9. The fraction of sp³-hybridized carbons (Fsp3) is 0.846. The molecule has 0 aromatic rings. The molecule has 19 heavy (non-hydrogen) atoms. The van der Waals surface area contributed by atoms with Crippen LogP contribution in [0.3, 0.4) is 0 Å². The van der Waals surface area contributed by atoms with Gasteiger partial charge in [0.05, 0.1) is 6.04 Å². The summed E-state index contributed by atoms with van der Waals surface area (Å²) in [6, 6.07) is 0.0309. The van der Waals surface area contributed by atoms with Crippen LogP contribution in [0.1, 0.15) is 51.9 Å². The average Bonchev–Trinajstić information content (AvgIpc) is 3.00. The molecule has 2 rings (SSSR count). The van der Waals surface area contributed by atoms with Crippen LogP contribution in [0.4, 0.5) is 0 Å². The van der Waals surface area contributed by atoms with Crippen LogP contribution >= 0.6 is 21.6 Å². The molecule has 0 aliphatic carbocycles. The number of carbonyl (C=O) groups is 2. The zero-order chi connectivity index (χ0) is 13.7. The fourth-order valence-corrected chi connectivity index (χ4v) is 5.34. The van der Waals surface area contributed by atoms with Crippen LogP contribution in [-0.4, -0.2) is 34.0 Å². The van der Waals surface area contributed by atoms with Crippen molar-refractivity contribution in [1.82, 2.24) is 5.06 Å². The lowest BCUT2D eigenvalue weighted by atomic mass is 10.1. The van der Waals surface area contributed by atoms with Gasteiger partial charge in [-0.05, 0) is 32.6 Å². The minimum Gasteiger partial charge on any atom is -0.338 e. The van der Waals surface area contributed by atoms with Crippen LogP contribution in [0, 0.1) is 0 Å². The van der Waals surface area contributed by atoms with Crippen molar-refractivity contribution in [3.8, 4) is 0 Å². The van der Waals surface area contributed by atoms with Crippen LogP contribution in [0.5, 0.6) is 0 Å². The van der Waals surface area contributed by atoms with E-state index in [-0.39, 0.29) is 17.9 Å². The van der Waals surface area contributed by atoms with Gasteiger partial charge in [0.2, 0.25) is 0 Å². The molecule has 2 aliphatic rings. The van der Waals surface area contributed by atoms with Crippen molar-refractivity contribution < 1.29 is 14.4 Å². The fourth-order valence-electron chi connectivity index (χ4n) is 2.31. The number of rotatable bonds is 6. The van der Waals surface area contributed by atoms with E-state index in [0.29, 0.717) is 12.8 Å². The standard InChI is InChI=1S/C13H21NO3S2/c1-10-6-7-12(15)14(10)17-13(16)5-3-2-4-11-8-9-18-19-11/h10-11H,2-9H2,1H3. The Morgan fingerprint density at radius 2 is 2.26 bits per heavy atom. The number of amides is 1. The molecule has 0 spiro atoms. The molecule has 0 saturated carbocycles. The molecule has 108 valence electrons. The van der Waals surface area contributed by atoms with Crippen LogP contribution in [0.15, 0.2) is 0 Å². The lowest BCUT2D eigenvalue weighted by molar-refractivity contribution is -0.199. The molecule has 4 nitrogen and oxygen atoms in total. The normalized spacial score (nSPS) is 27.0. The van der Waals surface area contributed by atoms with Gasteiger partial charge in [-0.2, -0.15) is 5.06 Å². The second-order valence-electron chi connectivity index (χ2n) is 5.15. The molecule has 0 radical (unpaired) electrons. The largest absolute Gasteiger partial charge is 0.338 e. The SMILES string of the molecule is CC1CCC(=O)N1OC(=O)CCCCC1CCSS1. The summed E-state index contributed by atoms with van der Waals surface area (Å²) in [5, 5.41) is 2.02. The summed E-state index contributed by atoms with van der Waals surface area (Å²) >= 11 is 0. The third-order valence-corrected chi connectivity index (χ3v) is 6.51. The molecule has 0 aromatic carbocycles. The molecule has 0 aromatic heterocycles. The summed E-state index contributed by atoms with van der Waals surface area (Å²) < 4.78 is 0. The molecule has 2 fully saturated rings. The maximum atomic E-state index is 11.7. The van der Waals surface area contributed by atoms with E-state index in [2.05, 4.69) is 0 Å². The first-order chi connectivity index (χ1) is 9.16. The van der Waals surface area contributed by atoms with Crippen LogP contribution in [-0.2, 0) is 14.4 Å². The Balaban J connectivity index is 1.57. The van der Waals surface area contributed by atoms with Crippen LogP contribution in [0.2, 0.25) is 0 Å². The number of hydroxylamine groups is 2. The molecule has 2 atom stereocenters. The Morgan fingerprint density at radius 1 is 1.42 bits per heavy atom. The lowest BCUT2D eigenvalue weighted by Crippen LogP contribution is -2.33. The van der Waals surface area contributed by atoms with E-state index in [0.717, 1.165) is 24.5 Å². The van der Waals surface area contributed by atoms with Gasteiger partial charge in [-0.1, -0.05) is 28.0 Å². The quantitative estimate of drug-likeness (QED) is 0.557. The third-order valence-electron chi connectivity index (χ3n) is 3.51. The van der Waals surface area contributed by atoms with Crippen molar-refractivity contribution in [1.29, 1.82) is 0 Å². The van der Waals surface area contributed by atoms with Gasteiger partial charge in [0.25, 0.3) is 5.91 Å². The Morgan fingerprint density at radius 3 is 2.89 bits per heavy atom. The highest BCUT2D eigenvalue weighted by molar-refractivity contribution is 8.77. The minimum absolute atomic E-state index is 0.0309. The zero-order valence-electron chi connectivity index (χ0n) is 11.3. The van der Waals surface area contributed by atoms with Gasteiger partial charge >= 0.3 is 5.97 Å². The highest BCUT2D eigenvalue weighted by Crippen LogP contribution is 2.39. The third kappa shape index (κ3) is 4.60. The Bertz CT molecular complexity index is 332. The maximum Gasteiger partial charge on any atom is 0.332 e. The molecule has 6 heteroatoms. The Hall–Kier alpha value is -0.360. The topological polar surface area (TPSA) is 46.6 Å². The Labute approximate surface area is 122 Å². The molecule has 1 amide bonds. The molecule has 2 saturated heterocycles. The predicted octanol–water partition coefficient (Wildman–Crippen LogP) is 3.17. The highest BCUT2D eigenvalue weighted by Gasteiger charge is 2.30. The van der Waals surface area contributed by atoms with E-state index in [1.165, 1.54) is 23.7 Å². The number of hydrogen-bond acceptors (Lipinski definition) is 5. The number of unbranched alkanes of at least 4 members (excludes halogenated alkanes) is 1. The van der Waals surface area contributed by atoms with Crippen LogP contribution < -0.4 is 0 Å². The molecule has 2 heterocycles. The summed E-state index contributed by atoms with van der Waals surface area (Å²) in [6.45, 7) is 1.91. The lowest BCUT2D eigenvalue weighted by Gasteiger charge is -2.19. The first kappa shape index (κ1) is 15.0. The molecular formula is C13H21NO3S2. The molecule has 0 bridgehead atoms. The van der Waals surface area contributed by atoms with Gasteiger partial charge in [0.15, 0.2) is 0 Å². The second kappa shape index (κ2) is 7.43. The van der Waals surface area contributed by atoms with Gasteiger partial charge in [0.1, 0.15) is 0 Å². The van der Waals surface area contributed by atoms with Crippen molar-refractivity contribution in [2.24, 2.45) is 0 Å². The van der Waals surface area contributed by atoms with Gasteiger partial charge in [-0.25, -0.2) is 4.79 Å². The van der Waals surface area contributed by atoms with Gasteiger partial charge < -0.3 is 4.84 Å². The summed E-state index contributed by atoms with van der Waals surface area (Å²) in [6.07, 6.45) is 6.09. The van der Waals surface area contributed by atoms with Gasteiger partial charge in [0, 0.05) is 23.8 Å². The minimum atomic E-state index is -0.268. The van der Waals surface area contributed by atoms with E-state index < -0.39 is 0 Å². The number of hydrogen-bond donors (Lipinski definition) is 0. The first-order valence-electron chi connectivity index (χ1n) is 6.98. The molecule has 2 unspecified atom stereocenters. The van der Waals surface area contributed by atoms with Gasteiger partial charge in [-0.15, -0.1) is 0 Å². The first-order valence-corrected chi connectivity index (χ1v) is 9.36. The highest BCUT2D eigenvalue weighted by atomic mass is 33.1. The Kier molecular flexibility index (Phi) is 5.88. The van der Waals surface area contributed by atoms with Crippen molar-refractivity contribution >= 4 is 33.5 Å². The number of nitrogens with zero attached hydrogens (tertiary/aromatic N) is 1. The molecule has 0 N–H and O–H groups in total. The monoisotopic (exact) mass is 303 g/mol. The van der Waals surface area contributed by atoms with E-state index >= 15 is 0 Å². The predicted molar refractivity (Wildman–Crippen MR) is 78.6 cm³/mol. The smallest absolute Gasteiger partial charge is 0.332 e. The molecule has 2 aliphatic heterocycles. The van der Waals surface area contributed by atoms with E-state index in [9.17, 15) is 9.59 Å². The average molecular weight is 303 g/mol. The van der Waals surface area contributed by atoms with Crippen LogP contribution in [0.25, 0.3) is 0 Å². The second-order valence-corrected chi connectivity index (χ2v) is 7.93. The number of carbonyl (C=O) groups excluding carboxylic acids is 2. The van der Waals surface area contributed by atoms with Crippen molar-refractivity contribution in [2.45, 2.75) is 63.2 Å². The summed E-state index contributed by atoms with van der Waals surface area (Å²) in [4.78, 5) is 28.3. The summed E-state index contributed by atoms with van der Waals surface area (Å²) in [5.74, 6) is 0.919. The van der Waals surface area contributed by atoms with E-state index in [1.54, 1.807) is 0 Å². The van der Waals surface area contributed by atoms with Gasteiger partial charge in [-0.3, -0.25) is 4.79 Å².